The second-order valence-corrected chi connectivity index (χ2v) is 8.54. The van der Waals surface area contributed by atoms with Crippen molar-refractivity contribution >= 4 is 11.9 Å². The number of unbranched alkanes of at least 4 members (excludes halogenated alkanes) is 13. The fraction of sp³-hybridized carbons (Fsp3) is 0.920. The highest BCUT2D eigenvalue weighted by atomic mass is 16.5. The van der Waals surface area contributed by atoms with Gasteiger partial charge in [0.1, 0.15) is 0 Å². The molecule has 0 aromatic carbocycles. The molecule has 1 N–H and O–H groups in total. The monoisotopic (exact) mass is 412 g/mol. The fourth-order valence-electron chi connectivity index (χ4n) is 3.74. The van der Waals surface area contributed by atoms with Crippen molar-refractivity contribution in [2.75, 3.05) is 6.61 Å². The van der Waals surface area contributed by atoms with Crippen LogP contribution in [-0.2, 0) is 14.3 Å². The van der Waals surface area contributed by atoms with Crippen molar-refractivity contribution < 1.29 is 19.4 Å². The first kappa shape index (κ1) is 27.9. The lowest BCUT2D eigenvalue weighted by Gasteiger charge is -2.16. The van der Waals surface area contributed by atoms with Gasteiger partial charge >= 0.3 is 11.9 Å². The van der Waals surface area contributed by atoms with E-state index in [9.17, 15) is 9.59 Å². The molecule has 0 saturated heterocycles. The van der Waals surface area contributed by atoms with Gasteiger partial charge in [-0.25, -0.2) is 0 Å². The molecular formula is C25H48O4. The van der Waals surface area contributed by atoms with E-state index in [4.69, 9.17) is 9.84 Å². The molecule has 4 nitrogen and oxygen atoms in total. The molecule has 4 heteroatoms. The molecule has 172 valence electrons. The summed E-state index contributed by atoms with van der Waals surface area (Å²) in [5.41, 5.74) is 0. The predicted octanol–water partition coefficient (Wildman–Crippen LogP) is 7.68. The normalized spacial score (nSPS) is 11.1. The average molecular weight is 413 g/mol. The van der Waals surface area contributed by atoms with E-state index in [0.717, 1.165) is 44.9 Å². The molecule has 0 aromatic rings. The van der Waals surface area contributed by atoms with Crippen LogP contribution >= 0.6 is 0 Å². The van der Waals surface area contributed by atoms with Gasteiger partial charge in [0.2, 0.25) is 0 Å². The first-order chi connectivity index (χ1) is 14.1. The van der Waals surface area contributed by atoms with Gasteiger partial charge in [-0.15, -0.1) is 0 Å². The maximum Gasteiger partial charge on any atom is 0.308 e. The van der Waals surface area contributed by atoms with E-state index in [1.165, 1.54) is 64.2 Å². The number of rotatable bonds is 22. The summed E-state index contributed by atoms with van der Waals surface area (Å²) in [4.78, 5) is 23.1. The highest BCUT2D eigenvalue weighted by molar-refractivity contribution is 5.72. The second-order valence-electron chi connectivity index (χ2n) is 8.54. The summed E-state index contributed by atoms with van der Waals surface area (Å²) in [5, 5.41) is 8.64. The molecule has 0 heterocycles. The van der Waals surface area contributed by atoms with E-state index < -0.39 is 5.97 Å². The summed E-state index contributed by atoms with van der Waals surface area (Å²) in [6.45, 7) is 4.95. The zero-order valence-electron chi connectivity index (χ0n) is 19.4. The van der Waals surface area contributed by atoms with E-state index in [1.807, 2.05) is 0 Å². The molecule has 29 heavy (non-hydrogen) atoms. The molecule has 0 unspecified atom stereocenters. The minimum absolute atomic E-state index is 0.00217. The van der Waals surface area contributed by atoms with Crippen molar-refractivity contribution in [3.05, 3.63) is 0 Å². The van der Waals surface area contributed by atoms with Crippen LogP contribution in [0.1, 0.15) is 136 Å². The quantitative estimate of drug-likeness (QED) is 0.146. The fourth-order valence-corrected chi connectivity index (χ4v) is 3.74. The van der Waals surface area contributed by atoms with Gasteiger partial charge in [-0.3, -0.25) is 9.59 Å². The first-order valence-corrected chi connectivity index (χ1v) is 12.5. The highest BCUT2D eigenvalue weighted by Crippen LogP contribution is 2.21. The molecule has 0 saturated carbocycles. The van der Waals surface area contributed by atoms with Crippen LogP contribution in [0.4, 0.5) is 0 Å². The van der Waals surface area contributed by atoms with Gasteiger partial charge in [0.25, 0.3) is 0 Å². The number of carboxylic acids is 1. The molecule has 0 spiro atoms. The third kappa shape index (κ3) is 20.0. The van der Waals surface area contributed by atoms with E-state index in [-0.39, 0.29) is 18.3 Å². The van der Waals surface area contributed by atoms with Crippen molar-refractivity contribution in [1.29, 1.82) is 0 Å². The Morgan fingerprint density at radius 1 is 0.655 bits per heavy atom. The number of hydrogen-bond donors (Lipinski definition) is 1. The third-order valence-electron chi connectivity index (χ3n) is 5.67. The molecule has 0 fully saturated rings. The predicted molar refractivity (Wildman–Crippen MR) is 121 cm³/mol. The van der Waals surface area contributed by atoms with Crippen molar-refractivity contribution in [1.82, 2.24) is 0 Å². The molecule has 0 aliphatic rings. The number of carbonyl (C=O) groups excluding carboxylic acids is 1. The van der Waals surface area contributed by atoms with Crippen molar-refractivity contribution in [3.63, 3.8) is 0 Å². The molecule has 0 radical (unpaired) electrons. The number of hydrogen-bond acceptors (Lipinski definition) is 3. The molecule has 0 aliphatic carbocycles. The van der Waals surface area contributed by atoms with Gasteiger partial charge < -0.3 is 9.84 Å². The summed E-state index contributed by atoms with van der Waals surface area (Å²) in [6, 6.07) is 0. The summed E-state index contributed by atoms with van der Waals surface area (Å²) >= 11 is 0. The van der Waals surface area contributed by atoms with E-state index in [1.54, 1.807) is 0 Å². The zero-order chi connectivity index (χ0) is 21.6. The highest BCUT2D eigenvalue weighted by Gasteiger charge is 2.19. The molecule has 0 aromatic heterocycles. The molecule has 0 bridgehead atoms. The van der Waals surface area contributed by atoms with Crippen LogP contribution in [0.2, 0.25) is 0 Å². The minimum Gasteiger partial charge on any atom is -0.481 e. The van der Waals surface area contributed by atoms with Crippen LogP contribution in [0.25, 0.3) is 0 Å². The first-order valence-electron chi connectivity index (χ1n) is 12.5. The van der Waals surface area contributed by atoms with Crippen molar-refractivity contribution in [2.24, 2.45) is 5.92 Å². The van der Waals surface area contributed by atoms with E-state index >= 15 is 0 Å². The van der Waals surface area contributed by atoms with E-state index in [2.05, 4.69) is 13.8 Å². The van der Waals surface area contributed by atoms with Gasteiger partial charge in [-0.2, -0.15) is 0 Å². The Labute approximate surface area is 180 Å². The lowest BCUT2D eigenvalue weighted by molar-refractivity contribution is -0.149. The van der Waals surface area contributed by atoms with Gasteiger partial charge in [0.05, 0.1) is 12.5 Å². The summed E-state index contributed by atoms with van der Waals surface area (Å²) in [6.07, 6.45) is 20.6. The Bertz CT molecular complexity index is 365. The Kier molecular flexibility index (Phi) is 20.9. The van der Waals surface area contributed by atoms with Gasteiger partial charge in [0, 0.05) is 6.42 Å². The zero-order valence-corrected chi connectivity index (χ0v) is 19.4. The topological polar surface area (TPSA) is 63.6 Å². The Balaban J connectivity index is 4.04. The summed E-state index contributed by atoms with van der Waals surface area (Å²) in [7, 11) is 0. The van der Waals surface area contributed by atoms with Crippen LogP contribution in [0.5, 0.6) is 0 Å². The van der Waals surface area contributed by atoms with Gasteiger partial charge in [-0.1, -0.05) is 104 Å². The van der Waals surface area contributed by atoms with Gasteiger partial charge in [0.15, 0.2) is 0 Å². The molecule has 0 amide bonds. The SMILES string of the molecule is CCCCCCCCC(CCCCCCCC)C(=O)OCCCCCCC(=O)O. The standard InChI is InChI=1S/C25H48O4/c1-3-5-7-9-11-15-19-23(20-16-12-10-8-6-4-2)25(28)29-22-18-14-13-17-21-24(26)27/h23H,3-22H2,1-2H3,(H,26,27). The van der Waals surface area contributed by atoms with Crippen LogP contribution in [0.3, 0.4) is 0 Å². The van der Waals surface area contributed by atoms with Crippen LogP contribution in [0, 0.1) is 5.92 Å². The molecule has 0 aliphatic heterocycles. The number of carbonyl (C=O) groups is 2. The molecular weight excluding hydrogens is 364 g/mol. The lowest BCUT2D eigenvalue weighted by Crippen LogP contribution is -2.18. The summed E-state index contributed by atoms with van der Waals surface area (Å²) < 4.78 is 5.57. The van der Waals surface area contributed by atoms with Crippen LogP contribution < -0.4 is 0 Å². The lowest BCUT2D eigenvalue weighted by atomic mass is 9.94. The molecule has 0 rings (SSSR count). The van der Waals surface area contributed by atoms with Crippen LogP contribution in [-0.4, -0.2) is 23.7 Å². The Morgan fingerprint density at radius 2 is 1.10 bits per heavy atom. The third-order valence-corrected chi connectivity index (χ3v) is 5.67. The maximum atomic E-state index is 12.6. The molecule has 0 atom stereocenters. The largest absolute Gasteiger partial charge is 0.481 e. The number of esters is 1. The number of aliphatic carboxylic acids is 1. The second kappa shape index (κ2) is 21.6. The van der Waals surface area contributed by atoms with Crippen molar-refractivity contribution in [3.8, 4) is 0 Å². The van der Waals surface area contributed by atoms with Crippen LogP contribution in [0.15, 0.2) is 0 Å². The Morgan fingerprint density at radius 3 is 1.62 bits per heavy atom. The number of carboxylic acid groups (broad SMARTS) is 1. The number of ether oxygens (including phenoxy) is 1. The Hall–Kier alpha value is -1.06. The van der Waals surface area contributed by atoms with E-state index in [0.29, 0.717) is 13.0 Å². The summed E-state index contributed by atoms with van der Waals surface area (Å²) in [5.74, 6) is -0.666. The minimum atomic E-state index is -0.733. The van der Waals surface area contributed by atoms with Gasteiger partial charge in [-0.05, 0) is 25.7 Å². The van der Waals surface area contributed by atoms with Crippen molar-refractivity contribution in [2.45, 2.75) is 136 Å². The maximum absolute atomic E-state index is 12.6. The average Bonchev–Trinajstić information content (AvgIpc) is 2.70. The smallest absolute Gasteiger partial charge is 0.308 e.